The number of hydrogen-bond donors (Lipinski definition) is 0. The number of ether oxygens (including phenoxy) is 4. The van der Waals surface area contributed by atoms with Crippen LogP contribution in [0.15, 0.2) is 77.7 Å². The number of fused-ring (bicyclic) bond motifs is 3. The molecule has 2 aromatic carbocycles. The van der Waals surface area contributed by atoms with Gasteiger partial charge in [0.2, 0.25) is 0 Å². The topological polar surface area (TPSA) is 106 Å². The molecule has 0 spiro atoms. The summed E-state index contributed by atoms with van der Waals surface area (Å²) in [5, 5.41) is 0. The van der Waals surface area contributed by atoms with Gasteiger partial charge in [-0.15, -0.1) is 0 Å². The van der Waals surface area contributed by atoms with Crippen molar-refractivity contribution < 1.29 is 28.5 Å². The molecule has 1 saturated heterocycles. The molecule has 2 aliphatic heterocycles. The first-order chi connectivity index (χ1) is 15.6. The SMILES string of the molecule is O=C(OC[C@@H]1O[C@@H]2[C@@H](Oc3nc(=O)ccn32)C1OC(=O)c1ccccc1)c1ccccc1. The van der Waals surface area contributed by atoms with E-state index in [1.54, 1.807) is 65.2 Å². The van der Waals surface area contributed by atoms with E-state index >= 15 is 0 Å². The maximum atomic E-state index is 12.7. The minimum Gasteiger partial charge on any atom is -0.459 e. The highest BCUT2D eigenvalue weighted by molar-refractivity contribution is 5.90. The minimum absolute atomic E-state index is 0.0768. The molecule has 0 N–H and O–H groups in total. The third kappa shape index (κ3) is 3.74. The molecule has 3 aromatic rings. The van der Waals surface area contributed by atoms with Crippen molar-refractivity contribution in [1.82, 2.24) is 9.55 Å². The van der Waals surface area contributed by atoms with Gasteiger partial charge in [-0.1, -0.05) is 36.4 Å². The fourth-order valence-corrected chi connectivity index (χ4v) is 3.71. The quantitative estimate of drug-likeness (QED) is 0.562. The highest BCUT2D eigenvalue weighted by atomic mass is 16.7. The summed E-state index contributed by atoms with van der Waals surface area (Å²) in [6.07, 6.45) is -1.61. The van der Waals surface area contributed by atoms with Crippen molar-refractivity contribution in [2.24, 2.45) is 0 Å². The van der Waals surface area contributed by atoms with E-state index in [9.17, 15) is 14.4 Å². The predicted octanol–water partition coefficient (Wildman–Crippen LogP) is 1.98. The second kappa shape index (κ2) is 8.27. The van der Waals surface area contributed by atoms with E-state index in [4.69, 9.17) is 18.9 Å². The van der Waals surface area contributed by atoms with Gasteiger partial charge in [0.1, 0.15) is 12.7 Å². The lowest BCUT2D eigenvalue weighted by molar-refractivity contribution is -0.0574. The molecule has 2 aliphatic rings. The number of esters is 2. The van der Waals surface area contributed by atoms with Gasteiger partial charge in [-0.3, -0.25) is 9.36 Å². The highest BCUT2D eigenvalue weighted by Crippen LogP contribution is 2.40. The Morgan fingerprint density at radius 3 is 2.28 bits per heavy atom. The average molecular weight is 434 g/mol. The lowest BCUT2D eigenvalue weighted by atomic mass is 10.1. The summed E-state index contributed by atoms with van der Waals surface area (Å²) < 4.78 is 24.5. The summed E-state index contributed by atoms with van der Waals surface area (Å²) in [4.78, 5) is 40.5. The number of hydrogen-bond acceptors (Lipinski definition) is 8. The van der Waals surface area contributed by atoms with Crippen LogP contribution in [0.5, 0.6) is 6.01 Å². The van der Waals surface area contributed by atoms with Crippen LogP contribution in [0.25, 0.3) is 0 Å². The number of rotatable bonds is 5. The fraction of sp³-hybridized carbons (Fsp3) is 0.217. The van der Waals surface area contributed by atoms with Crippen molar-refractivity contribution >= 4 is 11.9 Å². The van der Waals surface area contributed by atoms with Gasteiger partial charge in [-0.05, 0) is 24.3 Å². The van der Waals surface area contributed by atoms with Gasteiger partial charge >= 0.3 is 17.9 Å². The normalized spacial score (nSPS) is 23.0. The van der Waals surface area contributed by atoms with E-state index in [2.05, 4.69) is 4.98 Å². The van der Waals surface area contributed by atoms with Gasteiger partial charge in [0.15, 0.2) is 18.4 Å². The average Bonchev–Trinajstić information content (AvgIpc) is 3.34. The standard InChI is InChI=1S/C23H18N2O7/c26-17-11-12-25-20-19(32-23(25)24-17)18(31-22(28)15-9-5-2-6-10-15)16(30-20)13-29-21(27)14-7-3-1-4-8-14/h1-12,16,18-20H,13H2/t16-,18?,19-,20+/m0/s1. The molecule has 0 saturated carbocycles. The smallest absolute Gasteiger partial charge is 0.338 e. The predicted molar refractivity (Wildman–Crippen MR) is 109 cm³/mol. The molecule has 9 heteroatoms. The van der Waals surface area contributed by atoms with Crippen LogP contribution >= 0.6 is 0 Å². The maximum absolute atomic E-state index is 12.7. The Kier molecular flexibility index (Phi) is 5.16. The van der Waals surface area contributed by atoms with Crippen LogP contribution < -0.4 is 10.3 Å². The van der Waals surface area contributed by atoms with Crippen LogP contribution in [0.1, 0.15) is 26.9 Å². The minimum atomic E-state index is -0.895. The maximum Gasteiger partial charge on any atom is 0.338 e. The van der Waals surface area contributed by atoms with Gasteiger partial charge in [0.25, 0.3) is 5.56 Å². The van der Waals surface area contributed by atoms with Crippen molar-refractivity contribution in [2.75, 3.05) is 6.61 Å². The first-order valence-corrected chi connectivity index (χ1v) is 10.00. The Bertz CT molecular complexity index is 1200. The summed E-state index contributed by atoms with van der Waals surface area (Å²) >= 11 is 0. The Labute approximate surface area is 182 Å². The molecular formula is C23H18N2O7. The molecule has 0 bridgehead atoms. The van der Waals surface area contributed by atoms with Crippen LogP contribution in [0.2, 0.25) is 0 Å². The summed E-state index contributed by atoms with van der Waals surface area (Å²) in [6.45, 7) is -0.153. The highest BCUT2D eigenvalue weighted by Gasteiger charge is 2.54. The molecule has 0 amide bonds. The molecule has 0 radical (unpaired) electrons. The third-order valence-corrected chi connectivity index (χ3v) is 5.25. The molecule has 3 heterocycles. The lowest BCUT2D eigenvalue weighted by Crippen LogP contribution is -2.40. The van der Waals surface area contributed by atoms with Gasteiger partial charge in [0, 0.05) is 12.3 Å². The monoisotopic (exact) mass is 434 g/mol. The van der Waals surface area contributed by atoms with Gasteiger partial charge in [-0.25, -0.2) is 9.59 Å². The number of benzene rings is 2. The molecule has 1 fully saturated rings. The van der Waals surface area contributed by atoms with Gasteiger partial charge < -0.3 is 18.9 Å². The van der Waals surface area contributed by atoms with Crippen LogP contribution in [0.4, 0.5) is 0 Å². The first-order valence-electron chi connectivity index (χ1n) is 10.00. The van der Waals surface area contributed by atoms with Crippen LogP contribution in [-0.2, 0) is 14.2 Å². The second-order valence-corrected chi connectivity index (χ2v) is 7.30. The van der Waals surface area contributed by atoms with E-state index in [1.807, 2.05) is 0 Å². The molecular weight excluding hydrogens is 416 g/mol. The molecule has 9 nitrogen and oxygen atoms in total. The number of aromatic nitrogens is 2. The van der Waals surface area contributed by atoms with Gasteiger partial charge in [-0.2, -0.15) is 4.98 Å². The zero-order valence-corrected chi connectivity index (χ0v) is 16.7. The van der Waals surface area contributed by atoms with Crippen LogP contribution in [0, 0.1) is 0 Å². The molecule has 32 heavy (non-hydrogen) atoms. The lowest BCUT2D eigenvalue weighted by Gasteiger charge is -2.22. The fourth-order valence-electron chi connectivity index (χ4n) is 3.71. The summed E-state index contributed by atoms with van der Waals surface area (Å²) in [7, 11) is 0. The zero-order valence-electron chi connectivity index (χ0n) is 16.7. The van der Waals surface area contributed by atoms with E-state index < -0.39 is 42.0 Å². The third-order valence-electron chi connectivity index (χ3n) is 5.25. The Morgan fingerprint density at radius 1 is 0.938 bits per heavy atom. The Balaban J connectivity index is 1.37. The molecule has 4 atom stereocenters. The van der Waals surface area contributed by atoms with Crippen molar-refractivity contribution in [3.8, 4) is 6.01 Å². The Morgan fingerprint density at radius 2 is 1.59 bits per heavy atom. The van der Waals surface area contributed by atoms with Crippen molar-refractivity contribution in [3.63, 3.8) is 0 Å². The summed E-state index contributed by atoms with van der Waals surface area (Å²) in [5.74, 6) is -1.09. The zero-order chi connectivity index (χ0) is 22.1. The molecule has 0 aliphatic carbocycles. The van der Waals surface area contributed by atoms with E-state index in [0.29, 0.717) is 11.1 Å². The Hall–Kier alpha value is -3.98. The van der Waals surface area contributed by atoms with Crippen LogP contribution in [0.3, 0.4) is 0 Å². The van der Waals surface area contributed by atoms with E-state index in [1.165, 1.54) is 12.3 Å². The van der Waals surface area contributed by atoms with Crippen molar-refractivity contribution in [1.29, 1.82) is 0 Å². The van der Waals surface area contributed by atoms with Crippen molar-refractivity contribution in [2.45, 2.75) is 24.5 Å². The summed E-state index contributed by atoms with van der Waals surface area (Å²) in [6, 6.07) is 18.4. The first kappa shape index (κ1) is 20.0. The van der Waals surface area contributed by atoms with E-state index in [-0.39, 0.29) is 12.6 Å². The molecule has 1 unspecified atom stereocenters. The molecule has 5 rings (SSSR count). The van der Waals surface area contributed by atoms with Gasteiger partial charge in [0.05, 0.1) is 11.1 Å². The largest absolute Gasteiger partial charge is 0.459 e. The number of carbonyl (C=O) groups is 2. The number of nitrogens with zero attached hydrogens (tertiary/aromatic N) is 2. The molecule has 1 aromatic heterocycles. The van der Waals surface area contributed by atoms with Crippen LogP contribution in [-0.4, -0.2) is 46.4 Å². The number of carbonyl (C=O) groups excluding carboxylic acids is 2. The van der Waals surface area contributed by atoms with E-state index in [0.717, 1.165) is 0 Å². The summed E-state index contributed by atoms with van der Waals surface area (Å²) in [5.41, 5.74) is 0.299. The van der Waals surface area contributed by atoms with Crippen molar-refractivity contribution in [3.05, 3.63) is 94.4 Å². The second-order valence-electron chi connectivity index (χ2n) is 7.30. The molecule has 162 valence electrons.